The Bertz CT molecular complexity index is 1350. The van der Waals surface area contributed by atoms with Gasteiger partial charge >= 0.3 is 6.03 Å². The number of hydrogen-bond donors (Lipinski definition) is 2. The third kappa shape index (κ3) is 6.06. The van der Waals surface area contributed by atoms with Gasteiger partial charge in [-0.25, -0.2) is 14.2 Å². The highest BCUT2D eigenvalue weighted by Gasteiger charge is 2.19. The third-order valence-electron chi connectivity index (χ3n) is 5.59. The molecule has 0 spiro atoms. The van der Waals surface area contributed by atoms with Gasteiger partial charge in [-0.3, -0.25) is 10.2 Å². The van der Waals surface area contributed by atoms with Crippen molar-refractivity contribution in [3.8, 4) is 21.7 Å². The summed E-state index contributed by atoms with van der Waals surface area (Å²) in [4.78, 5) is 24.8. The fourth-order valence-corrected chi connectivity index (χ4v) is 4.70. The molecule has 0 bridgehead atoms. The minimum Gasteiger partial charge on any atom is -0.306 e. The summed E-state index contributed by atoms with van der Waals surface area (Å²) in [5.41, 5.74) is 2.65. The van der Waals surface area contributed by atoms with E-state index in [1.54, 1.807) is 41.9 Å². The van der Waals surface area contributed by atoms with Crippen LogP contribution in [0.2, 0.25) is 5.02 Å². The molecule has 4 rings (SSSR count). The van der Waals surface area contributed by atoms with E-state index in [1.165, 1.54) is 12.1 Å². The van der Waals surface area contributed by atoms with Crippen LogP contribution in [-0.2, 0) is 6.42 Å². The minimum atomic E-state index is -0.907. The van der Waals surface area contributed by atoms with Crippen LogP contribution in [0.5, 0.6) is 0 Å². The number of nitrogens with one attached hydrogen (secondary N) is 1. The summed E-state index contributed by atoms with van der Waals surface area (Å²) in [6.07, 6.45) is 4.23. The van der Waals surface area contributed by atoms with Gasteiger partial charge in [0.05, 0.1) is 27.0 Å². The second-order valence-electron chi connectivity index (χ2n) is 8.08. The molecule has 2 heterocycles. The zero-order valence-corrected chi connectivity index (χ0v) is 21.4. The zero-order valence-electron chi connectivity index (χ0n) is 19.8. The molecule has 186 valence electrons. The molecule has 0 saturated carbocycles. The number of rotatable bonds is 8. The average Bonchev–Trinajstić information content (AvgIpc) is 3.33. The van der Waals surface area contributed by atoms with Gasteiger partial charge in [0.2, 0.25) is 0 Å². The van der Waals surface area contributed by atoms with Crippen molar-refractivity contribution in [2.24, 2.45) is 0 Å². The van der Waals surface area contributed by atoms with Crippen LogP contribution < -0.4 is 10.4 Å². The van der Waals surface area contributed by atoms with Crippen LogP contribution in [0.4, 0.5) is 20.6 Å². The van der Waals surface area contributed by atoms with E-state index in [0.29, 0.717) is 5.06 Å². The van der Waals surface area contributed by atoms with Crippen molar-refractivity contribution in [3.05, 3.63) is 82.8 Å². The number of benzene rings is 2. The molecular formula is C26H25ClFN5O2S. The van der Waals surface area contributed by atoms with Crippen LogP contribution >= 0.6 is 22.9 Å². The highest BCUT2D eigenvalue weighted by atomic mass is 35.5. The molecule has 0 aliphatic heterocycles. The average molecular weight is 526 g/mol. The van der Waals surface area contributed by atoms with Crippen molar-refractivity contribution in [1.82, 2.24) is 14.9 Å². The number of aromatic nitrogens is 2. The Kier molecular flexibility index (Phi) is 8.27. The van der Waals surface area contributed by atoms with Gasteiger partial charge in [0.1, 0.15) is 5.82 Å². The lowest BCUT2D eigenvalue weighted by molar-refractivity contribution is 0.216. The fraction of sp³-hybridized carbons (Fsp3) is 0.192. The molecule has 7 nitrogen and oxygen atoms in total. The summed E-state index contributed by atoms with van der Waals surface area (Å²) in [7, 11) is 2.07. The number of hydroxylamine groups is 1. The molecule has 0 fully saturated rings. The Labute approximate surface area is 217 Å². The predicted molar refractivity (Wildman–Crippen MR) is 142 cm³/mol. The van der Waals surface area contributed by atoms with Crippen molar-refractivity contribution in [2.75, 3.05) is 30.5 Å². The number of likely N-dealkylation sites (N-methyl/N-ethyl adjacent to an activating group) is 1. The largest absolute Gasteiger partial charge is 0.350 e. The summed E-state index contributed by atoms with van der Waals surface area (Å²) in [6, 6.07) is 13.7. The molecule has 0 aliphatic rings. The molecule has 0 atom stereocenters. The summed E-state index contributed by atoms with van der Waals surface area (Å²) in [5.74, 6) is -0.703. The van der Waals surface area contributed by atoms with Crippen molar-refractivity contribution in [3.63, 3.8) is 0 Å². The first-order valence-corrected chi connectivity index (χ1v) is 12.5. The standard InChI is InChI=1S/C26H25ClFN5O2S/c1-3-32(2)14-11-23-31-24(17-9-12-29-13-10-17)25(36-23)18-5-4-6-20(15-18)33(35)26(34)30-22-8-7-19(27)16-21(22)28/h4-10,12-13,15-16,35H,3,11,14H2,1-2H3,(H,30,34). The second kappa shape index (κ2) is 11.6. The first-order chi connectivity index (χ1) is 17.4. The highest BCUT2D eigenvalue weighted by Crippen LogP contribution is 2.38. The number of hydrogen-bond acceptors (Lipinski definition) is 6. The van der Waals surface area contributed by atoms with E-state index in [2.05, 4.69) is 29.2 Å². The molecule has 2 N–H and O–H groups in total. The van der Waals surface area contributed by atoms with Gasteiger partial charge in [0.25, 0.3) is 0 Å². The van der Waals surface area contributed by atoms with Crippen LogP contribution in [0.1, 0.15) is 11.9 Å². The lowest BCUT2D eigenvalue weighted by atomic mass is 10.1. The van der Waals surface area contributed by atoms with Gasteiger partial charge in [-0.2, -0.15) is 5.06 Å². The van der Waals surface area contributed by atoms with Crippen molar-refractivity contribution in [1.29, 1.82) is 0 Å². The van der Waals surface area contributed by atoms with Gasteiger partial charge in [-0.05, 0) is 61.6 Å². The molecule has 0 saturated heterocycles. The van der Waals surface area contributed by atoms with E-state index in [1.807, 2.05) is 18.2 Å². The summed E-state index contributed by atoms with van der Waals surface area (Å²) < 4.78 is 14.1. The molecule has 2 amide bonds. The number of anilines is 2. The molecule has 10 heteroatoms. The normalized spacial score (nSPS) is 11.1. The molecule has 4 aromatic rings. The van der Waals surface area contributed by atoms with Crippen LogP contribution in [0, 0.1) is 5.82 Å². The van der Waals surface area contributed by atoms with Crippen LogP contribution in [0.3, 0.4) is 0 Å². The molecule has 2 aromatic carbocycles. The number of nitrogens with zero attached hydrogens (tertiary/aromatic N) is 4. The number of halogens is 2. The van der Waals surface area contributed by atoms with Crippen molar-refractivity contribution < 1.29 is 14.4 Å². The number of pyridine rings is 1. The Morgan fingerprint density at radius 1 is 1.14 bits per heavy atom. The van der Waals surface area contributed by atoms with Crippen molar-refractivity contribution >= 4 is 40.3 Å². The monoisotopic (exact) mass is 525 g/mol. The maximum atomic E-state index is 14.1. The minimum absolute atomic E-state index is 0.0938. The van der Waals surface area contributed by atoms with Gasteiger partial charge in [-0.1, -0.05) is 30.7 Å². The van der Waals surface area contributed by atoms with E-state index in [9.17, 15) is 14.4 Å². The van der Waals surface area contributed by atoms with E-state index in [-0.39, 0.29) is 16.4 Å². The van der Waals surface area contributed by atoms with Gasteiger partial charge in [0.15, 0.2) is 0 Å². The SMILES string of the molecule is CCN(C)CCc1nc(-c2ccncc2)c(-c2cccc(N(O)C(=O)Nc3ccc(Cl)cc3F)c2)s1. The Morgan fingerprint density at radius 3 is 2.64 bits per heavy atom. The topological polar surface area (TPSA) is 81.6 Å². The van der Waals surface area contributed by atoms with Gasteiger partial charge in [0, 0.05) is 35.9 Å². The number of carbonyl (C=O) groups is 1. The number of carbonyl (C=O) groups excluding carboxylic acids is 1. The number of thiazole rings is 1. The maximum absolute atomic E-state index is 14.1. The quantitative estimate of drug-likeness (QED) is 0.200. The van der Waals surface area contributed by atoms with E-state index in [4.69, 9.17) is 16.6 Å². The maximum Gasteiger partial charge on any atom is 0.350 e. The van der Waals surface area contributed by atoms with E-state index in [0.717, 1.165) is 52.3 Å². The lowest BCUT2D eigenvalue weighted by Crippen LogP contribution is -2.32. The lowest BCUT2D eigenvalue weighted by Gasteiger charge is -2.17. The first-order valence-electron chi connectivity index (χ1n) is 11.3. The van der Waals surface area contributed by atoms with Crippen molar-refractivity contribution in [2.45, 2.75) is 13.3 Å². The Morgan fingerprint density at radius 2 is 1.92 bits per heavy atom. The number of amides is 2. The Hall–Kier alpha value is -3.37. The second-order valence-corrected chi connectivity index (χ2v) is 9.60. The zero-order chi connectivity index (χ0) is 25.7. The van der Waals surface area contributed by atoms with Crippen LogP contribution in [-0.4, -0.2) is 46.2 Å². The first kappa shape index (κ1) is 25.7. The third-order valence-corrected chi connectivity index (χ3v) is 6.99. The molecule has 0 unspecified atom stereocenters. The predicted octanol–water partition coefficient (Wildman–Crippen LogP) is 6.59. The molecule has 0 radical (unpaired) electrons. The number of urea groups is 1. The Balaban J connectivity index is 1.63. The summed E-state index contributed by atoms with van der Waals surface area (Å²) >= 11 is 7.34. The molecule has 0 aliphatic carbocycles. The smallest absolute Gasteiger partial charge is 0.306 e. The molecule has 2 aromatic heterocycles. The highest BCUT2D eigenvalue weighted by molar-refractivity contribution is 7.15. The van der Waals surface area contributed by atoms with Gasteiger partial charge < -0.3 is 10.2 Å². The van der Waals surface area contributed by atoms with E-state index >= 15 is 0 Å². The van der Waals surface area contributed by atoms with Crippen LogP contribution in [0.15, 0.2) is 67.0 Å². The summed E-state index contributed by atoms with van der Waals surface area (Å²) in [6.45, 7) is 3.94. The van der Waals surface area contributed by atoms with Crippen LogP contribution in [0.25, 0.3) is 21.7 Å². The fourth-order valence-electron chi connectivity index (χ4n) is 3.47. The van der Waals surface area contributed by atoms with E-state index < -0.39 is 11.8 Å². The van der Waals surface area contributed by atoms with Gasteiger partial charge in [-0.15, -0.1) is 11.3 Å². The molecular weight excluding hydrogens is 501 g/mol. The molecule has 36 heavy (non-hydrogen) atoms. The summed E-state index contributed by atoms with van der Waals surface area (Å²) in [5, 5.41) is 14.6.